The number of para-hydroxylation sites is 1. The van der Waals surface area contributed by atoms with Crippen LogP contribution in [0.1, 0.15) is 53.3 Å². The van der Waals surface area contributed by atoms with Gasteiger partial charge in [-0.05, 0) is 71.6 Å². The first-order valence-corrected chi connectivity index (χ1v) is 13.1. The maximum atomic E-state index is 13.6. The summed E-state index contributed by atoms with van der Waals surface area (Å²) >= 11 is 1.72. The van der Waals surface area contributed by atoms with E-state index in [0.29, 0.717) is 17.9 Å². The average molecular weight is 499 g/mol. The van der Waals surface area contributed by atoms with Gasteiger partial charge in [0, 0.05) is 23.5 Å². The lowest BCUT2D eigenvalue weighted by Crippen LogP contribution is -2.36. The number of aryl methyl sites for hydroxylation is 1. The van der Waals surface area contributed by atoms with E-state index in [2.05, 4.69) is 81.0 Å². The average Bonchev–Trinajstić information content (AvgIpc) is 3.57. The van der Waals surface area contributed by atoms with Crippen molar-refractivity contribution in [1.82, 2.24) is 30.1 Å². The molecule has 3 aromatic heterocycles. The van der Waals surface area contributed by atoms with Crippen LogP contribution >= 0.6 is 11.3 Å². The molecule has 7 nitrogen and oxygen atoms in total. The summed E-state index contributed by atoms with van der Waals surface area (Å²) in [6.45, 7) is 7.54. The molecule has 0 saturated heterocycles. The normalized spacial score (nSPS) is 12.6. The number of nitrogens with one attached hydrogen (secondary N) is 1. The molecule has 0 saturated carbocycles. The van der Waals surface area contributed by atoms with Gasteiger partial charge in [0.05, 0.1) is 11.6 Å². The van der Waals surface area contributed by atoms with Crippen LogP contribution < -0.4 is 5.56 Å². The Kier molecular flexibility index (Phi) is 7.06. The SMILES string of the molecule is Cc1cccc2cc([C@@H](c3nnnn3C(C)C)N(CCc3ccccc3)Cc3cccs3)c(=O)[nH]c12. The van der Waals surface area contributed by atoms with Gasteiger partial charge >= 0.3 is 0 Å². The minimum atomic E-state index is -0.415. The first kappa shape index (κ1) is 24.1. The minimum absolute atomic E-state index is 0.0528. The molecular weight excluding hydrogens is 468 g/mol. The van der Waals surface area contributed by atoms with Crippen molar-refractivity contribution in [3.05, 3.63) is 110 Å². The summed E-state index contributed by atoms with van der Waals surface area (Å²) in [5.41, 5.74) is 3.69. The van der Waals surface area contributed by atoms with Crippen molar-refractivity contribution in [2.24, 2.45) is 0 Å². The summed E-state index contributed by atoms with van der Waals surface area (Å²) < 4.78 is 1.83. The number of H-pyrrole nitrogens is 1. The second-order valence-corrected chi connectivity index (χ2v) is 10.4. The number of rotatable bonds is 9. The maximum absolute atomic E-state index is 13.6. The Bertz CT molecular complexity index is 1490. The monoisotopic (exact) mass is 498 g/mol. The molecule has 8 heteroatoms. The summed E-state index contributed by atoms with van der Waals surface area (Å²) in [4.78, 5) is 20.3. The van der Waals surface area contributed by atoms with Crippen molar-refractivity contribution in [3.63, 3.8) is 0 Å². The van der Waals surface area contributed by atoms with Crippen molar-refractivity contribution >= 4 is 22.2 Å². The van der Waals surface area contributed by atoms with E-state index in [4.69, 9.17) is 0 Å². The van der Waals surface area contributed by atoms with Gasteiger partial charge in [0.1, 0.15) is 6.04 Å². The number of hydrogen-bond acceptors (Lipinski definition) is 6. The number of tetrazole rings is 1. The predicted octanol–water partition coefficient (Wildman–Crippen LogP) is 5.30. The first-order chi connectivity index (χ1) is 17.5. The van der Waals surface area contributed by atoms with E-state index in [1.54, 1.807) is 11.3 Å². The molecule has 0 unspecified atom stereocenters. The Morgan fingerprint density at radius 1 is 1.06 bits per heavy atom. The molecule has 1 atom stereocenters. The predicted molar refractivity (Wildman–Crippen MR) is 144 cm³/mol. The number of aromatic amines is 1. The van der Waals surface area contributed by atoms with Gasteiger partial charge in [0.25, 0.3) is 5.56 Å². The van der Waals surface area contributed by atoms with Crippen molar-refractivity contribution in [2.45, 2.75) is 45.8 Å². The third-order valence-electron chi connectivity index (χ3n) is 6.50. The third-order valence-corrected chi connectivity index (χ3v) is 7.36. The number of thiophene rings is 1. The molecule has 0 radical (unpaired) electrons. The largest absolute Gasteiger partial charge is 0.321 e. The molecule has 5 rings (SSSR count). The number of benzene rings is 2. The highest BCUT2D eigenvalue weighted by molar-refractivity contribution is 7.09. The van der Waals surface area contributed by atoms with Gasteiger partial charge in [0.2, 0.25) is 0 Å². The fourth-order valence-electron chi connectivity index (χ4n) is 4.67. The number of nitrogens with zero attached hydrogens (tertiary/aromatic N) is 5. The van der Waals surface area contributed by atoms with E-state index >= 15 is 0 Å². The van der Waals surface area contributed by atoms with Crippen LogP contribution in [0, 0.1) is 6.92 Å². The maximum Gasteiger partial charge on any atom is 0.253 e. The number of fused-ring (bicyclic) bond motifs is 1. The molecule has 0 fully saturated rings. The zero-order valence-electron chi connectivity index (χ0n) is 20.8. The molecule has 3 heterocycles. The second kappa shape index (κ2) is 10.6. The Morgan fingerprint density at radius 2 is 1.89 bits per heavy atom. The van der Waals surface area contributed by atoms with Crippen LogP contribution in [0.4, 0.5) is 0 Å². The Labute approximate surface area is 214 Å². The quantitative estimate of drug-likeness (QED) is 0.298. The van der Waals surface area contributed by atoms with Gasteiger partial charge in [-0.25, -0.2) is 4.68 Å². The summed E-state index contributed by atoms with van der Waals surface area (Å²) in [6.07, 6.45) is 0.844. The van der Waals surface area contributed by atoms with Crippen LogP contribution in [0.25, 0.3) is 10.9 Å². The lowest BCUT2D eigenvalue weighted by molar-refractivity contribution is 0.205. The van der Waals surface area contributed by atoms with E-state index < -0.39 is 6.04 Å². The molecule has 0 spiro atoms. The van der Waals surface area contributed by atoms with Crippen molar-refractivity contribution in [3.8, 4) is 0 Å². The number of aromatic nitrogens is 5. The lowest BCUT2D eigenvalue weighted by atomic mass is 10.0. The van der Waals surface area contributed by atoms with Gasteiger partial charge < -0.3 is 4.98 Å². The number of hydrogen-bond donors (Lipinski definition) is 1. The second-order valence-electron chi connectivity index (χ2n) is 9.36. The number of pyridine rings is 1. The summed E-state index contributed by atoms with van der Waals surface area (Å²) in [7, 11) is 0. The van der Waals surface area contributed by atoms with Crippen LogP contribution in [0.15, 0.2) is 76.9 Å². The van der Waals surface area contributed by atoms with Gasteiger partial charge in [-0.2, -0.15) is 0 Å². The van der Waals surface area contributed by atoms with Gasteiger partial charge in [0.15, 0.2) is 5.82 Å². The fraction of sp³-hybridized carbons (Fsp3) is 0.286. The van der Waals surface area contributed by atoms with Crippen molar-refractivity contribution in [2.75, 3.05) is 6.54 Å². The summed E-state index contributed by atoms with van der Waals surface area (Å²) in [5.74, 6) is 0.673. The standard InChI is InChI=1S/C28H30N6OS/c1-19(2)34-27(30-31-32-34)26(24-17-22-12-7-9-20(3)25(22)29-28(24)35)33(18-23-13-8-16-36-23)15-14-21-10-5-4-6-11-21/h4-13,16-17,19,26H,14-15,18H2,1-3H3,(H,29,35)/t26-/m0/s1. The van der Waals surface area contributed by atoms with E-state index in [1.165, 1.54) is 10.4 Å². The fourth-order valence-corrected chi connectivity index (χ4v) is 5.40. The molecule has 184 valence electrons. The van der Waals surface area contributed by atoms with Gasteiger partial charge in [-0.3, -0.25) is 9.69 Å². The Balaban J connectivity index is 1.66. The molecule has 0 aliphatic carbocycles. The Hall–Kier alpha value is -3.62. The van der Waals surface area contributed by atoms with Crippen molar-refractivity contribution in [1.29, 1.82) is 0 Å². The zero-order valence-corrected chi connectivity index (χ0v) is 21.6. The summed E-state index contributed by atoms with van der Waals surface area (Å²) in [5, 5.41) is 15.9. The lowest BCUT2D eigenvalue weighted by Gasteiger charge is -2.31. The minimum Gasteiger partial charge on any atom is -0.321 e. The van der Waals surface area contributed by atoms with Crippen LogP contribution in [0.2, 0.25) is 0 Å². The molecule has 2 aromatic carbocycles. The van der Waals surface area contributed by atoms with Crippen LogP contribution in [0.5, 0.6) is 0 Å². The molecule has 0 aliphatic heterocycles. The Morgan fingerprint density at radius 3 is 2.64 bits per heavy atom. The highest BCUT2D eigenvalue weighted by atomic mass is 32.1. The van der Waals surface area contributed by atoms with Gasteiger partial charge in [-0.15, -0.1) is 16.4 Å². The van der Waals surface area contributed by atoms with Crippen LogP contribution in [-0.2, 0) is 13.0 Å². The third kappa shape index (κ3) is 5.01. The van der Waals surface area contributed by atoms with Gasteiger partial charge in [-0.1, -0.05) is 54.6 Å². The van der Waals surface area contributed by atoms with E-state index in [-0.39, 0.29) is 11.6 Å². The van der Waals surface area contributed by atoms with Crippen molar-refractivity contribution < 1.29 is 0 Å². The molecule has 0 aliphatic rings. The van der Waals surface area contributed by atoms with Crippen LogP contribution in [0.3, 0.4) is 0 Å². The molecule has 1 N–H and O–H groups in total. The molecular formula is C28H30N6OS. The molecule has 36 heavy (non-hydrogen) atoms. The van der Waals surface area contributed by atoms with E-state index in [9.17, 15) is 4.79 Å². The molecule has 0 bridgehead atoms. The summed E-state index contributed by atoms with van der Waals surface area (Å²) in [6, 6.07) is 22.4. The first-order valence-electron chi connectivity index (χ1n) is 12.2. The zero-order chi connectivity index (χ0) is 25.1. The van der Waals surface area contributed by atoms with Crippen LogP contribution in [-0.4, -0.2) is 36.6 Å². The highest BCUT2D eigenvalue weighted by Crippen LogP contribution is 2.31. The van der Waals surface area contributed by atoms with E-state index in [0.717, 1.165) is 29.4 Å². The smallest absolute Gasteiger partial charge is 0.253 e. The molecule has 0 amide bonds. The topological polar surface area (TPSA) is 79.7 Å². The highest BCUT2D eigenvalue weighted by Gasteiger charge is 2.31. The molecule has 5 aromatic rings. The van der Waals surface area contributed by atoms with E-state index in [1.807, 2.05) is 41.9 Å².